The lowest BCUT2D eigenvalue weighted by molar-refractivity contribution is -0.144. The lowest BCUT2D eigenvalue weighted by Crippen LogP contribution is -2.43. The second kappa shape index (κ2) is 11.0. The third kappa shape index (κ3) is 5.78. The van der Waals surface area contributed by atoms with E-state index in [-0.39, 0.29) is 18.2 Å². The number of nitrogens with one attached hydrogen (secondary N) is 1. The van der Waals surface area contributed by atoms with Crippen LogP contribution in [0.4, 0.5) is 5.82 Å². The maximum Gasteiger partial charge on any atom is 0.459 e. The molecule has 1 aromatic carbocycles. The Morgan fingerprint density at radius 3 is 2.78 bits per heavy atom. The number of para-hydroxylation sites is 1. The molecular formula is C23H29N4O8PS. The van der Waals surface area contributed by atoms with Crippen LogP contribution in [-0.2, 0) is 23.4 Å². The Balaban J connectivity index is 1.54. The number of hydrogen-bond acceptors (Lipinski definition) is 12. The molecule has 1 fully saturated rings. The van der Waals surface area contributed by atoms with Gasteiger partial charge in [0.1, 0.15) is 47.8 Å². The topological polar surface area (TPSA) is 175 Å². The maximum absolute atomic E-state index is 13.7. The van der Waals surface area contributed by atoms with Gasteiger partial charge in [0.2, 0.25) is 0 Å². The van der Waals surface area contributed by atoms with E-state index in [0.29, 0.717) is 15.8 Å². The van der Waals surface area contributed by atoms with Crippen molar-refractivity contribution in [3.63, 3.8) is 0 Å². The first kappa shape index (κ1) is 27.4. The predicted octanol–water partition coefficient (Wildman–Crippen LogP) is 2.57. The quantitative estimate of drug-likeness (QED) is 0.214. The van der Waals surface area contributed by atoms with Crippen molar-refractivity contribution in [2.45, 2.75) is 50.7 Å². The van der Waals surface area contributed by atoms with E-state index in [1.165, 1.54) is 31.5 Å². The number of nitrogen functional groups attached to an aromatic ring is 1. The van der Waals surface area contributed by atoms with Crippen LogP contribution in [0.5, 0.6) is 5.75 Å². The Hall–Kier alpha value is -2.64. The minimum Gasteiger partial charge on any atom is -0.465 e. The fraction of sp³-hybridized carbons (Fsp3) is 0.435. The van der Waals surface area contributed by atoms with Gasteiger partial charge in [0.05, 0.1) is 29.0 Å². The third-order valence-corrected chi connectivity index (χ3v) is 8.51. The average Bonchev–Trinajstić information content (AvgIpc) is 3.38. The molecule has 0 saturated carbocycles. The lowest BCUT2D eigenvalue weighted by Gasteiger charge is -2.26. The minimum atomic E-state index is -4.18. The van der Waals surface area contributed by atoms with Gasteiger partial charge in [-0.15, -0.1) is 11.3 Å². The van der Waals surface area contributed by atoms with Gasteiger partial charge in [-0.1, -0.05) is 18.2 Å². The Bertz CT molecular complexity index is 1290. The molecule has 4 rings (SSSR count). The van der Waals surface area contributed by atoms with Crippen LogP contribution in [-0.4, -0.2) is 63.2 Å². The molecule has 0 spiro atoms. The number of carbonyl (C=O) groups excluding carboxylic acids is 1. The highest BCUT2D eigenvalue weighted by molar-refractivity contribution is 7.52. The van der Waals surface area contributed by atoms with Gasteiger partial charge in [-0.2, -0.15) is 5.09 Å². The zero-order valence-corrected chi connectivity index (χ0v) is 22.1. The van der Waals surface area contributed by atoms with E-state index in [2.05, 4.69) is 15.1 Å². The van der Waals surface area contributed by atoms with Crippen LogP contribution in [0.1, 0.15) is 31.8 Å². The predicted molar refractivity (Wildman–Crippen MR) is 136 cm³/mol. The zero-order valence-electron chi connectivity index (χ0n) is 20.4. The number of nitrogens with zero attached hydrogens (tertiary/aromatic N) is 2. The number of nitrogens with two attached hydrogens (primary N) is 1. The van der Waals surface area contributed by atoms with Crippen molar-refractivity contribution in [1.82, 2.24) is 15.1 Å². The van der Waals surface area contributed by atoms with Gasteiger partial charge in [-0.25, -0.2) is 14.5 Å². The summed E-state index contributed by atoms with van der Waals surface area (Å²) in [4.78, 5) is 20.9. The van der Waals surface area contributed by atoms with Crippen molar-refractivity contribution < 1.29 is 38.1 Å². The number of ether oxygens (including phenoxy) is 2. The van der Waals surface area contributed by atoms with Gasteiger partial charge in [0, 0.05) is 5.38 Å². The lowest BCUT2D eigenvalue weighted by atomic mass is 9.92. The van der Waals surface area contributed by atoms with E-state index in [0.717, 1.165) is 0 Å². The second-order valence-corrected chi connectivity index (χ2v) is 11.3. The number of esters is 1. The first-order valence-electron chi connectivity index (χ1n) is 11.5. The van der Waals surface area contributed by atoms with Gasteiger partial charge in [-0.3, -0.25) is 9.32 Å². The summed E-state index contributed by atoms with van der Waals surface area (Å²) in [5, 5.41) is 27.0. The van der Waals surface area contributed by atoms with Gasteiger partial charge in [0.15, 0.2) is 0 Å². The smallest absolute Gasteiger partial charge is 0.459 e. The summed E-state index contributed by atoms with van der Waals surface area (Å²) in [6.07, 6.45) is -2.18. The Kier molecular flexibility index (Phi) is 8.14. The molecule has 200 valence electrons. The fourth-order valence-electron chi connectivity index (χ4n) is 3.90. The normalized spacial score (nSPS) is 26.0. The molecule has 0 amide bonds. The van der Waals surface area contributed by atoms with Gasteiger partial charge >= 0.3 is 13.7 Å². The van der Waals surface area contributed by atoms with Crippen molar-refractivity contribution in [2.75, 3.05) is 18.9 Å². The molecule has 0 bridgehead atoms. The molecule has 6 atom stereocenters. The second-order valence-electron chi connectivity index (χ2n) is 8.65. The number of fused-ring (bicyclic) bond motifs is 1. The van der Waals surface area contributed by atoms with Crippen LogP contribution in [0.3, 0.4) is 0 Å². The number of aliphatic hydroxyl groups is 2. The molecular weight excluding hydrogens is 523 g/mol. The van der Waals surface area contributed by atoms with Crippen molar-refractivity contribution >= 4 is 41.8 Å². The van der Waals surface area contributed by atoms with E-state index >= 15 is 0 Å². The van der Waals surface area contributed by atoms with Crippen LogP contribution in [0, 0.1) is 0 Å². The van der Waals surface area contributed by atoms with Crippen LogP contribution in [0.2, 0.25) is 0 Å². The molecule has 0 radical (unpaired) electrons. The van der Waals surface area contributed by atoms with Crippen LogP contribution in [0.15, 0.2) is 42.0 Å². The fourth-order valence-corrected chi connectivity index (χ4v) is 6.57. The summed E-state index contributed by atoms with van der Waals surface area (Å²) in [7, 11) is -4.18. The van der Waals surface area contributed by atoms with Crippen LogP contribution in [0.25, 0.3) is 10.9 Å². The van der Waals surface area contributed by atoms with Crippen molar-refractivity contribution in [2.24, 2.45) is 0 Å². The summed E-state index contributed by atoms with van der Waals surface area (Å²) in [5.74, 6) is -0.130. The molecule has 5 N–H and O–H groups in total. The van der Waals surface area contributed by atoms with E-state index in [4.69, 9.17) is 24.3 Å². The summed E-state index contributed by atoms with van der Waals surface area (Å²) in [5.41, 5.74) is 4.69. The molecule has 12 nitrogen and oxygen atoms in total. The van der Waals surface area contributed by atoms with E-state index in [1.807, 2.05) is 0 Å². The molecule has 37 heavy (non-hydrogen) atoms. The molecule has 0 aliphatic carbocycles. The average molecular weight is 553 g/mol. The number of benzene rings is 1. The maximum atomic E-state index is 13.7. The Labute approximate surface area is 217 Å². The van der Waals surface area contributed by atoms with E-state index < -0.39 is 50.3 Å². The number of aromatic nitrogens is 2. The highest BCUT2D eigenvalue weighted by Crippen LogP contribution is 2.49. The molecule has 3 aromatic rings. The summed E-state index contributed by atoms with van der Waals surface area (Å²) in [6, 6.07) is 7.24. The minimum absolute atomic E-state index is 0.141. The SMILES string of the molecule is CCOC(=O)[C@H](C)NP(=O)(OC[C@H]1O[C@@H](c2scc3c(N)ncnc23)[C@](C)(O)[C@@H]1O)Oc1ccccc1. The standard InChI is InChI=1S/C23H29N4O8PS/c1-4-32-22(29)13(2)27-36(31,35-14-8-6-5-7-9-14)33-10-16-19(28)23(3,30)20(34-16)18-17-15(11-37-18)21(24)26-12-25-17/h5-9,11-13,16,19-20,28,30H,4,10H2,1-3H3,(H,27,31)(H2,24,25,26)/t13-,16+,19+,20-,23+,36?/m0/s1. The number of anilines is 1. The van der Waals surface area contributed by atoms with E-state index in [9.17, 15) is 19.6 Å². The van der Waals surface area contributed by atoms with Gasteiger partial charge in [0.25, 0.3) is 0 Å². The van der Waals surface area contributed by atoms with Crippen molar-refractivity contribution in [3.05, 3.63) is 46.9 Å². The van der Waals surface area contributed by atoms with Gasteiger partial charge < -0.3 is 29.9 Å². The molecule has 14 heteroatoms. The third-order valence-electron chi connectivity index (χ3n) is 5.85. The molecule has 2 aromatic heterocycles. The number of thiophene rings is 1. The summed E-state index contributed by atoms with van der Waals surface area (Å²) in [6.45, 7) is 4.25. The number of hydrogen-bond donors (Lipinski definition) is 4. The van der Waals surface area contributed by atoms with E-state index in [1.54, 1.807) is 42.6 Å². The summed E-state index contributed by atoms with van der Waals surface area (Å²) < 4.78 is 35.9. The van der Waals surface area contributed by atoms with Gasteiger partial charge in [-0.05, 0) is 32.9 Å². The highest BCUT2D eigenvalue weighted by atomic mass is 32.1. The number of rotatable bonds is 10. The number of carbonyl (C=O) groups is 1. The highest BCUT2D eigenvalue weighted by Gasteiger charge is 2.54. The Morgan fingerprint density at radius 1 is 1.35 bits per heavy atom. The molecule has 1 aliphatic rings. The van der Waals surface area contributed by atoms with Crippen LogP contribution < -0.4 is 15.3 Å². The molecule has 3 heterocycles. The number of aliphatic hydroxyl groups excluding tert-OH is 1. The van der Waals surface area contributed by atoms with Crippen LogP contribution >= 0.6 is 19.1 Å². The summed E-state index contributed by atoms with van der Waals surface area (Å²) >= 11 is 1.26. The zero-order chi connectivity index (χ0) is 26.8. The first-order valence-corrected chi connectivity index (χ1v) is 13.9. The largest absolute Gasteiger partial charge is 0.465 e. The molecule has 1 unspecified atom stereocenters. The first-order chi connectivity index (χ1) is 17.6. The molecule has 1 saturated heterocycles. The monoisotopic (exact) mass is 552 g/mol. The van der Waals surface area contributed by atoms with Crippen molar-refractivity contribution in [3.8, 4) is 5.75 Å². The molecule has 1 aliphatic heterocycles. The van der Waals surface area contributed by atoms with Crippen molar-refractivity contribution in [1.29, 1.82) is 0 Å². The Morgan fingerprint density at radius 2 is 2.08 bits per heavy atom.